The van der Waals surface area contributed by atoms with Gasteiger partial charge in [-0.25, -0.2) is 0 Å². The summed E-state index contributed by atoms with van der Waals surface area (Å²) >= 11 is 0. The summed E-state index contributed by atoms with van der Waals surface area (Å²) in [6.07, 6.45) is 0. The van der Waals surface area contributed by atoms with E-state index in [1.807, 2.05) is 6.07 Å². The average molecular weight is 312 g/mol. The predicted octanol–water partition coefficient (Wildman–Crippen LogP) is 3.49. The molecular weight excluding hydrogens is 296 g/mol. The monoisotopic (exact) mass is 312 g/mol. The Bertz CT molecular complexity index is 911. The molecule has 0 bridgehead atoms. The number of para-hydroxylation sites is 1. The van der Waals surface area contributed by atoms with Crippen molar-refractivity contribution in [3.8, 4) is 28.6 Å². The molecule has 1 heterocycles. The summed E-state index contributed by atoms with van der Waals surface area (Å²) < 4.78 is 21.9. The number of methoxy groups -OCH3 is 3. The van der Waals surface area contributed by atoms with Gasteiger partial charge in [0.25, 0.3) is 0 Å². The minimum Gasteiger partial charge on any atom is -0.497 e. The van der Waals surface area contributed by atoms with Crippen LogP contribution in [0.4, 0.5) is 0 Å². The van der Waals surface area contributed by atoms with E-state index >= 15 is 0 Å². The first-order valence-electron chi connectivity index (χ1n) is 7.01. The van der Waals surface area contributed by atoms with Crippen LogP contribution in [0.3, 0.4) is 0 Å². The lowest BCUT2D eigenvalue weighted by Crippen LogP contribution is -2.01. The van der Waals surface area contributed by atoms with Crippen LogP contribution in [0.1, 0.15) is 0 Å². The fourth-order valence-corrected chi connectivity index (χ4v) is 2.48. The van der Waals surface area contributed by atoms with Crippen LogP contribution in [-0.2, 0) is 0 Å². The first-order valence-corrected chi connectivity index (χ1v) is 7.01. The van der Waals surface area contributed by atoms with Crippen molar-refractivity contribution in [2.24, 2.45) is 0 Å². The van der Waals surface area contributed by atoms with Crippen molar-refractivity contribution in [2.75, 3.05) is 21.3 Å². The van der Waals surface area contributed by atoms with Gasteiger partial charge in [-0.1, -0.05) is 12.1 Å². The van der Waals surface area contributed by atoms with E-state index in [0.29, 0.717) is 39.5 Å². The summed E-state index contributed by atoms with van der Waals surface area (Å²) in [5.41, 5.74) is 0.982. The van der Waals surface area contributed by atoms with Crippen LogP contribution in [0.2, 0.25) is 0 Å². The second kappa shape index (κ2) is 6.04. The molecule has 1 aromatic heterocycles. The van der Waals surface area contributed by atoms with Gasteiger partial charge in [0.15, 0.2) is 16.9 Å². The Morgan fingerprint density at radius 3 is 2.39 bits per heavy atom. The van der Waals surface area contributed by atoms with Crippen LogP contribution in [0, 0.1) is 0 Å². The highest BCUT2D eigenvalue weighted by atomic mass is 16.5. The van der Waals surface area contributed by atoms with Crippen molar-refractivity contribution in [3.63, 3.8) is 0 Å². The summed E-state index contributed by atoms with van der Waals surface area (Å²) in [6.45, 7) is 0. The van der Waals surface area contributed by atoms with Crippen molar-refractivity contribution >= 4 is 11.0 Å². The van der Waals surface area contributed by atoms with Crippen LogP contribution in [0.25, 0.3) is 22.3 Å². The van der Waals surface area contributed by atoms with E-state index in [1.165, 1.54) is 20.3 Å². The second-order valence-corrected chi connectivity index (χ2v) is 4.88. The van der Waals surface area contributed by atoms with Crippen molar-refractivity contribution in [3.05, 3.63) is 52.7 Å². The van der Waals surface area contributed by atoms with Gasteiger partial charge in [0.1, 0.15) is 17.1 Å². The third kappa shape index (κ3) is 2.61. The molecule has 3 rings (SSSR count). The fraction of sp³-hybridized carbons (Fsp3) is 0.167. The predicted molar refractivity (Wildman–Crippen MR) is 87.6 cm³/mol. The Kier molecular flexibility index (Phi) is 3.93. The summed E-state index contributed by atoms with van der Waals surface area (Å²) in [6, 6.07) is 12.0. The summed E-state index contributed by atoms with van der Waals surface area (Å²) in [4.78, 5) is 12.3. The van der Waals surface area contributed by atoms with Crippen LogP contribution in [-0.4, -0.2) is 21.3 Å². The van der Waals surface area contributed by atoms with Gasteiger partial charge in [-0.05, 0) is 18.2 Å². The van der Waals surface area contributed by atoms with Gasteiger partial charge in [-0.3, -0.25) is 4.79 Å². The summed E-state index contributed by atoms with van der Waals surface area (Å²) in [5, 5.41) is 0.532. The first-order chi connectivity index (χ1) is 11.2. The Labute approximate surface area is 133 Å². The maximum Gasteiger partial charge on any atom is 0.193 e. The molecule has 0 saturated carbocycles. The summed E-state index contributed by atoms with van der Waals surface area (Å²) in [7, 11) is 4.63. The van der Waals surface area contributed by atoms with Crippen LogP contribution < -0.4 is 19.6 Å². The largest absolute Gasteiger partial charge is 0.497 e. The molecule has 0 saturated heterocycles. The topological polar surface area (TPSA) is 57.9 Å². The molecule has 0 amide bonds. The van der Waals surface area contributed by atoms with Gasteiger partial charge < -0.3 is 18.6 Å². The van der Waals surface area contributed by atoms with Gasteiger partial charge in [0, 0.05) is 12.1 Å². The van der Waals surface area contributed by atoms with E-state index in [2.05, 4.69) is 0 Å². The standard InChI is InChI=1S/C18H16O5/c1-20-11-8-13(18(22-3)17(9-11)21-2)16-10-14(19)12-6-4-5-7-15(12)23-16/h4-10H,1-3H3. The van der Waals surface area contributed by atoms with E-state index in [4.69, 9.17) is 18.6 Å². The van der Waals surface area contributed by atoms with Crippen molar-refractivity contribution in [2.45, 2.75) is 0 Å². The molecular formula is C18H16O5. The molecule has 2 aromatic carbocycles. The van der Waals surface area contributed by atoms with Crippen molar-refractivity contribution in [1.82, 2.24) is 0 Å². The van der Waals surface area contributed by atoms with Crippen molar-refractivity contribution in [1.29, 1.82) is 0 Å². The molecule has 0 spiro atoms. The lowest BCUT2D eigenvalue weighted by molar-refractivity contribution is 0.349. The molecule has 5 nitrogen and oxygen atoms in total. The van der Waals surface area contributed by atoms with E-state index in [0.717, 1.165) is 0 Å². The van der Waals surface area contributed by atoms with Gasteiger partial charge in [-0.2, -0.15) is 0 Å². The zero-order chi connectivity index (χ0) is 16.4. The average Bonchev–Trinajstić information content (AvgIpc) is 2.60. The van der Waals surface area contributed by atoms with Gasteiger partial charge >= 0.3 is 0 Å². The number of rotatable bonds is 4. The zero-order valence-corrected chi connectivity index (χ0v) is 13.1. The quantitative estimate of drug-likeness (QED) is 0.738. The molecule has 5 heteroatoms. The van der Waals surface area contributed by atoms with Gasteiger partial charge in [0.2, 0.25) is 0 Å². The highest BCUT2D eigenvalue weighted by molar-refractivity contribution is 5.80. The Morgan fingerprint density at radius 2 is 1.70 bits per heavy atom. The smallest absolute Gasteiger partial charge is 0.193 e. The zero-order valence-electron chi connectivity index (χ0n) is 13.1. The third-order valence-electron chi connectivity index (χ3n) is 3.59. The molecule has 0 N–H and O–H groups in total. The van der Waals surface area contributed by atoms with E-state index < -0.39 is 0 Å². The maximum absolute atomic E-state index is 12.3. The van der Waals surface area contributed by atoms with Crippen molar-refractivity contribution < 1.29 is 18.6 Å². The number of hydrogen-bond donors (Lipinski definition) is 0. The Balaban J connectivity index is 2.31. The molecule has 0 aliphatic carbocycles. The molecule has 0 fully saturated rings. The molecule has 0 aliphatic rings. The third-order valence-corrected chi connectivity index (χ3v) is 3.59. The van der Waals surface area contributed by atoms with Crippen LogP contribution in [0.15, 0.2) is 51.7 Å². The van der Waals surface area contributed by atoms with E-state index in [-0.39, 0.29) is 5.43 Å². The lowest BCUT2D eigenvalue weighted by atomic mass is 10.1. The minimum atomic E-state index is -0.120. The molecule has 3 aromatic rings. The number of fused-ring (bicyclic) bond motifs is 1. The lowest BCUT2D eigenvalue weighted by Gasteiger charge is -2.14. The van der Waals surface area contributed by atoms with Gasteiger partial charge in [0.05, 0.1) is 32.3 Å². The number of benzene rings is 2. The fourth-order valence-electron chi connectivity index (χ4n) is 2.48. The number of hydrogen-bond acceptors (Lipinski definition) is 5. The Hall–Kier alpha value is -2.95. The first kappa shape index (κ1) is 15.0. The summed E-state index contributed by atoms with van der Waals surface area (Å²) in [5.74, 6) is 1.94. The molecule has 23 heavy (non-hydrogen) atoms. The SMILES string of the molecule is COc1cc(OC)c(OC)c(-c2cc(=O)c3ccccc3o2)c1. The van der Waals surface area contributed by atoms with E-state index in [9.17, 15) is 4.79 Å². The van der Waals surface area contributed by atoms with E-state index in [1.54, 1.807) is 37.4 Å². The van der Waals surface area contributed by atoms with Crippen LogP contribution >= 0.6 is 0 Å². The molecule has 0 aliphatic heterocycles. The second-order valence-electron chi connectivity index (χ2n) is 4.88. The molecule has 0 atom stereocenters. The molecule has 0 radical (unpaired) electrons. The normalized spacial score (nSPS) is 10.6. The molecule has 0 unspecified atom stereocenters. The Morgan fingerprint density at radius 1 is 0.913 bits per heavy atom. The number of ether oxygens (including phenoxy) is 3. The molecule has 118 valence electrons. The van der Waals surface area contributed by atoms with Gasteiger partial charge in [-0.15, -0.1) is 0 Å². The highest BCUT2D eigenvalue weighted by Gasteiger charge is 2.17. The highest BCUT2D eigenvalue weighted by Crippen LogP contribution is 2.41. The minimum absolute atomic E-state index is 0.120. The van der Waals surface area contributed by atoms with Crippen LogP contribution in [0.5, 0.6) is 17.2 Å². The maximum atomic E-state index is 12.3.